The van der Waals surface area contributed by atoms with Crippen LogP contribution in [0.1, 0.15) is 17.4 Å². The number of ether oxygens (including phenoxy) is 1. The third-order valence-electron chi connectivity index (χ3n) is 3.19. The van der Waals surface area contributed by atoms with Gasteiger partial charge in [0.1, 0.15) is 11.8 Å². The Bertz CT molecular complexity index is 795. The van der Waals surface area contributed by atoms with E-state index in [1.54, 1.807) is 6.20 Å². The molecular weight excluding hydrogens is 334 g/mol. The van der Waals surface area contributed by atoms with Crippen LogP contribution in [0.25, 0.3) is 10.9 Å². The molecule has 6 heteroatoms. The van der Waals surface area contributed by atoms with E-state index in [1.165, 1.54) is 19.5 Å². The highest BCUT2D eigenvalue weighted by Crippen LogP contribution is 2.33. The van der Waals surface area contributed by atoms with Crippen LogP contribution < -0.4 is 4.74 Å². The molecule has 3 aromatic rings. The maximum Gasteiger partial charge on any atom is 0.238 e. The number of fused-ring (bicyclic) bond motifs is 1. The lowest BCUT2D eigenvalue weighted by molar-refractivity contribution is 0.209. The fourth-order valence-corrected chi connectivity index (χ4v) is 2.66. The number of nitrogens with zero attached hydrogens (tertiary/aromatic N) is 3. The van der Waals surface area contributed by atoms with E-state index in [1.807, 2.05) is 24.3 Å². The Kier molecular flexibility index (Phi) is 3.81. The summed E-state index contributed by atoms with van der Waals surface area (Å²) < 4.78 is 6.08. The number of rotatable bonds is 3. The van der Waals surface area contributed by atoms with Crippen LogP contribution in [-0.4, -0.2) is 27.2 Å². The molecule has 106 valence electrons. The van der Waals surface area contributed by atoms with Crippen molar-refractivity contribution in [2.24, 2.45) is 0 Å². The molecule has 0 bridgehead atoms. The number of benzene rings is 1. The van der Waals surface area contributed by atoms with Crippen LogP contribution >= 0.6 is 15.9 Å². The van der Waals surface area contributed by atoms with Crippen LogP contribution in [-0.2, 0) is 0 Å². The number of methoxy groups -OCH3 is 1. The van der Waals surface area contributed by atoms with Crippen LogP contribution in [0.2, 0.25) is 0 Å². The van der Waals surface area contributed by atoms with Gasteiger partial charge in [0.2, 0.25) is 5.88 Å². The largest absolute Gasteiger partial charge is 0.480 e. The fourth-order valence-electron chi connectivity index (χ4n) is 2.21. The van der Waals surface area contributed by atoms with E-state index in [4.69, 9.17) is 4.74 Å². The zero-order valence-electron chi connectivity index (χ0n) is 11.2. The molecule has 0 spiro atoms. The van der Waals surface area contributed by atoms with Gasteiger partial charge in [-0.1, -0.05) is 28.1 Å². The molecule has 0 radical (unpaired) electrons. The average molecular weight is 346 g/mol. The lowest BCUT2D eigenvalue weighted by atomic mass is 10.0. The smallest absolute Gasteiger partial charge is 0.238 e. The Morgan fingerprint density at radius 3 is 2.71 bits per heavy atom. The van der Waals surface area contributed by atoms with Crippen molar-refractivity contribution in [3.05, 3.63) is 58.6 Å². The maximum absolute atomic E-state index is 10.7. The summed E-state index contributed by atoms with van der Waals surface area (Å²) in [4.78, 5) is 12.6. The van der Waals surface area contributed by atoms with E-state index in [2.05, 4.69) is 30.9 Å². The third-order valence-corrected chi connectivity index (χ3v) is 3.88. The number of hydrogen-bond acceptors (Lipinski definition) is 5. The summed E-state index contributed by atoms with van der Waals surface area (Å²) in [6.45, 7) is 0. The van der Waals surface area contributed by atoms with Gasteiger partial charge in [0.05, 0.1) is 12.6 Å². The van der Waals surface area contributed by atoms with Gasteiger partial charge in [-0.05, 0) is 12.1 Å². The van der Waals surface area contributed by atoms with Crippen molar-refractivity contribution in [2.75, 3.05) is 7.11 Å². The standard InChI is InChI=1S/C15H12BrN3O2/c1-21-15-13(18-7-8-19-15)14(20)10-4-5-11(16)9-3-2-6-17-12(9)10/h2-8,14,20H,1H3. The summed E-state index contributed by atoms with van der Waals surface area (Å²) in [6.07, 6.45) is 3.78. The number of aliphatic hydroxyl groups excluding tert-OH is 1. The molecule has 21 heavy (non-hydrogen) atoms. The first kappa shape index (κ1) is 13.9. The number of aromatic nitrogens is 3. The van der Waals surface area contributed by atoms with Crippen LogP contribution in [0.5, 0.6) is 5.88 Å². The zero-order chi connectivity index (χ0) is 14.8. The monoisotopic (exact) mass is 345 g/mol. The van der Waals surface area contributed by atoms with Crippen LogP contribution in [0.4, 0.5) is 0 Å². The van der Waals surface area contributed by atoms with Crippen LogP contribution in [0, 0.1) is 0 Å². The van der Waals surface area contributed by atoms with Crippen molar-refractivity contribution in [3.8, 4) is 5.88 Å². The predicted molar refractivity (Wildman–Crippen MR) is 82.1 cm³/mol. The minimum absolute atomic E-state index is 0.303. The first-order valence-corrected chi connectivity index (χ1v) is 7.07. The van der Waals surface area contributed by atoms with Gasteiger partial charge in [-0.25, -0.2) is 4.98 Å². The first-order chi connectivity index (χ1) is 10.2. The Morgan fingerprint density at radius 2 is 1.90 bits per heavy atom. The molecule has 1 aromatic carbocycles. The molecule has 2 heterocycles. The SMILES string of the molecule is COc1nccnc1C(O)c1ccc(Br)c2cccnc12. The van der Waals surface area contributed by atoms with Gasteiger partial charge in [-0.3, -0.25) is 9.97 Å². The van der Waals surface area contributed by atoms with Crippen molar-refractivity contribution >= 4 is 26.8 Å². The highest BCUT2D eigenvalue weighted by atomic mass is 79.9. The molecule has 1 N–H and O–H groups in total. The Morgan fingerprint density at radius 1 is 1.10 bits per heavy atom. The number of aliphatic hydroxyl groups is 1. The topological polar surface area (TPSA) is 68.1 Å². The van der Waals surface area contributed by atoms with E-state index in [0.29, 0.717) is 22.7 Å². The van der Waals surface area contributed by atoms with Gasteiger partial charge in [-0.15, -0.1) is 0 Å². The minimum Gasteiger partial charge on any atom is -0.480 e. The van der Waals surface area contributed by atoms with Crippen molar-refractivity contribution in [1.29, 1.82) is 0 Å². The van der Waals surface area contributed by atoms with E-state index < -0.39 is 6.10 Å². The highest BCUT2D eigenvalue weighted by Gasteiger charge is 2.21. The number of halogens is 1. The molecule has 1 unspecified atom stereocenters. The third kappa shape index (κ3) is 2.48. The Labute approximate surface area is 129 Å². The van der Waals surface area contributed by atoms with Crippen LogP contribution in [0.15, 0.2) is 47.3 Å². The summed E-state index contributed by atoms with van der Waals surface area (Å²) in [7, 11) is 1.50. The van der Waals surface area contributed by atoms with Gasteiger partial charge >= 0.3 is 0 Å². The highest BCUT2D eigenvalue weighted by molar-refractivity contribution is 9.10. The summed E-state index contributed by atoms with van der Waals surface area (Å²) in [6, 6.07) is 7.49. The second-order valence-corrected chi connectivity index (χ2v) is 5.24. The predicted octanol–water partition coefficient (Wildman–Crippen LogP) is 2.88. The van der Waals surface area contributed by atoms with Gasteiger partial charge in [-0.2, -0.15) is 0 Å². The molecule has 5 nitrogen and oxygen atoms in total. The van der Waals surface area contributed by atoms with Gasteiger partial charge < -0.3 is 9.84 Å². The van der Waals surface area contributed by atoms with Gasteiger partial charge in [0.25, 0.3) is 0 Å². The molecule has 0 saturated heterocycles. The van der Waals surface area contributed by atoms with Crippen LogP contribution in [0.3, 0.4) is 0 Å². The molecule has 0 fully saturated rings. The summed E-state index contributed by atoms with van der Waals surface area (Å²) >= 11 is 3.49. The summed E-state index contributed by atoms with van der Waals surface area (Å²) in [5, 5.41) is 11.6. The Balaban J connectivity index is 2.18. The molecule has 1 atom stereocenters. The van der Waals surface area contributed by atoms with E-state index in [0.717, 1.165) is 9.86 Å². The molecular formula is C15H12BrN3O2. The first-order valence-electron chi connectivity index (χ1n) is 6.28. The molecule has 0 amide bonds. The molecule has 0 aliphatic carbocycles. The fraction of sp³-hybridized carbons (Fsp3) is 0.133. The second-order valence-electron chi connectivity index (χ2n) is 4.39. The van der Waals surface area contributed by atoms with Gasteiger partial charge in [0.15, 0.2) is 0 Å². The van der Waals surface area contributed by atoms with Crippen molar-refractivity contribution in [1.82, 2.24) is 15.0 Å². The quantitative estimate of drug-likeness (QED) is 0.790. The normalized spacial score (nSPS) is 12.3. The average Bonchev–Trinajstić information content (AvgIpc) is 2.55. The van der Waals surface area contributed by atoms with Crippen molar-refractivity contribution < 1.29 is 9.84 Å². The summed E-state index contributed by atoms with van der Waals surface area (Å²) in [5.74, 6) is 0.303. The minimum atomic E-state index is -0.959. The molecule has 2 aromatic heterocycles. The van der Waals surface area contributed by atoms with Crippen molar-refractivity contribution in [2.45, 2.75) is 6.10 Å². The zero-order valence-corrected chi connectivity index (χ0v) is 12.8. The second kappa shape index (κ2) is 5.75. The maximum atomic E-state index is 10.7. The molecule has 0 saturated carbocycles. The van der Waals surface area contributed by atoms with E-state index >= 15 is 0 Å². The lowest BCUT2D eigenvalue weighted by Crippen LogP contribution is -2.07. The Hall–Kier alpha value is -2.05. The molecule has 0 aliphatic rings. The lowest BCUT2D eigenvalue weighted by Gasteiger charge is -2.15. The number of hydrogen-bond donors (Lipinski definition) is 1. The summed E-state index contributed by atoms with van der Waals surface area (Å²) in [5.41, 5.74) is 1.74. The van der Waals surface area contributed by atoms with E-state index in [9.17, 15) is 5.11 Å². The van der Waals surface area contributed by atoms with Gasteiger partial charge in [0, 0.05) is 34.0 Å². The molecule has 3 rings (SSSR count). The van der Waals surface area contributed by atoms with Crippen molar-refractivity contribution in [3.63, 3.8) is 0 Å². The number of pyridine rings is 1. The van der Waals surface area contributed by atoms with E-state index in [-0.39, 0.29) is 0 Å². The molecule has 0 aliphatic heterocycles.